The SMILES string of the molecule is COc1ccc(N2C(=O)NC(=O)[C@H](/C=N\NC(=O)c3ccc(Cl)cc3)C2=O)cc1. The van der Waals surface area contributed by atoms with Gasteiger partial charge in [0.15, 0.2) is 5.92 Å². The molecule has 0 aromatic heterocycles. The summed E-state index contributed by atoms with van der Waals surface area (Å²) in [5, 5.41) is 6.24. The number of benzene rings is 2. The summed E-state index contributed by atoms with van der Waals surface area (Å²) in [6.07, 6.45) is 0.967. The minimum absolute atomic E-state index is 0.254. The predicted octanol–water partition coefficient (Wildman–Crippen LogP) is 1.96. The normalized spacial score (nSPS) is 16.7. The second-order valence-corrected chi connectivity index (χ2v) is 6.31. The van der Waals surface area contributed by atoms with Crippen molar-refractivity contribution in [1.29, 1.82) is 0 Å². The van der Waals surface area contributed by atoms with E-state index in [1.54, 1.807) is 12.1 Å². The van der Waals surface area contributed by atoms with Crippen molar-refractivity contribution in [2.75, 3.05) is 12.0 Å². The summed E-state index contributed by atoms with van der Waals surface area (Å²) < 4.78 is 5.04. The van der Waals surface area contributed by atoms with Crippen LogP contribution in [-0.2, 0) is 9.59 Å². The van der Waals surface area contributed by atoms with Crippen molar-refractivity contribution in [3.63, 3.8) is 0 Å². The quantitative estimate of drug-likeness (QED) is 0.440. The number of imide groups is 2. The Morgan fingerprint density at radius 2 is 1.79 bits per heavy atom. The Bertz CT molecular complexity index is 989. The topological polar surface area (TPSA) is 117 Å². The van der Waals surface area contributed by atoms with E-state index in [4.69, 9.17) is 16.3 Å². The highest BCUT2D eigenvalue weighted by molar-refractivity contribution is 6.32. The Labute approximate surface area is 170 Å². The average molecular weight is 415 g/mol. The zero-order valence-electron chi connectivity index (χ0n) is 15.1. The van der Waals surface area contributed by atoms with E-state index in [1.807, 2.05) is 0 Å². The lowest BCUT2D eigenvalue weighted by molar-refractivity contribution is -0.131. The molecule has 2 N–H and O–H groups in total. The second-order valence-electron chi connectivity index (χ2n) is 5.87. The molecule has 5 amide bonds. The lowest BCUT2D eigenvalue weighted by atomic mass is 10.1. The number of hydrogen-bond acceptors (Lipinski definition) is 6. The number of carbonyl (C=O) groups is 4. The van der Waals surface area contributed by atoms with E-state index in [0.29, 0.717) is 16.3 Å². The minimum Gasteiger partial charge on any atom is -0.497 e. The highest BCUT2D eigenvalue weighted by atomic mass is 35.5. The van der Waals surface area contributed by atoms with Crippen LogP contribution in [0.5, 0.6) is 5.75 Å². The van der Waals surface area contributed by atoms with Gasteiger partial charge in [-0.2, -0.15) is 5.10 Å². The van der Waals surface area contributed by atoms with Crippen molar-refractivity contribution in [3.05, 3.63) is 59.1 Å². The number of rotatable bonds is 5. The van der Waals surface area contributed by atoms with Gasteiger partial charge in [0.1, 0.15) is 5.75 Å². The highest BCUT2D eigenvalue weighted by Crippen LogP contribution is 2.23. The molecular formula is C19H15ClN4O5. The van der Waals surface area contributed by atoms with E-state index >= 15 is 0 Å². The molecule has 148 valence electrons. The molecule has 0 saturated carbocycles. The molecule has 3 rings (SSSR count). The summed E-state index contributed by atoms with van der Waals surface area (Å²) in [6.45, 7) is 0. The number of nitrogens with one attached hydrogen (secondary N) is 2. The summed E-state index contributed by atoms with van der Waals surface area (Å²) in [7, 11) is 1.48. The van der Waals surface area contributed by atoms with Crippen LogP contribution in [0.1, 0.15) is 10.4 Å². The summed E-state index contributed by atoms with van der Waals surface area (Å²) in [5.74, 6) is -3.04. The molecule has 29 heavy (non-hydrogen) atoms. The number of hydrazone groups is 1. The van der Waals surface area contributed by atoms with Crippen LogP contribution in [0.15, 0.2) is 53.6 Å². The number of halogens is 1. The van der Waals surface area contributed by atoms with Gasteiger partial charge in [0.25, 0.3) is 11.8 Å². The fourth-order valence-corrected chi connectivity index (χ4v) is 2.66. The number of urea groups is 1. The van der Waals surface area contributed by atoms with Crippen molar-refractivity contribution < 1.29 is 23.9 Å². The number of carbonyl (C=O) groups excluding carboxylic acids is 4. The number of methoxy groups -OCH3 is 1. The third-order valence-corrected chi connectivity index (χ3v) is 4.28. The van der Waals surface area contributed by atoms with Crippen molar-refractivity contribution in [3.8, 4) is 5.75 Å². The first-order valence-electron chi connectivity index (χ1n) is 8.32. The molecular weight excluding hydrogens is 400 g/mol. The van der Waals surface area contributed by atoms with Crippen LogP contribution in [0, 0.1) is 5.92 Å². The molecule has 2 aromatic carbocycles. The minimum atomic E-state index is -1.39. The van der Waals surface area contributed by atoms with Gasteiger partial charge >= 0.3 is 6.03 Å². The number of barbiturate groups is 1. The third kappa shape index (κ3) is 4.41. The van der Waals surface area contributed by atoms with Crippen LogP contribution >= 0.6 is 11.6 Å². The van der Waals surface area contributed by atoms with E-state index in [-0.39, 0.29) is 5.69 Å². The van der Waals surface area contributed by atoms with Crippen molar-refractivity contribution in [1.82, 2.24) is 10.7 Å². The van der Waals surface area contributed by atoms with E-state index in [1.165, 1.54) is 43.5 Å². The fraction of sp³-hybridized carbons (Fsp3) is 0.105. The van der Waals surface area contributed by atoms with Gasteiger partial charge in [-0.3, -0.25) is 19.7 Å². The summed E-state index contributed by atoms with van der Waals surface area (Å²) in [4.78, 5) is 49.7. The molecule has 1 fully saturated rings. The van der Waals surface area contributed by atoms with Gasteiger partial charge in [0.2, 0.25) is 5.91 Å². The van der Waals surface area contributed by atoms with Crippen molar-refractivity contribution >= 4 is 47.3 Å². The van der Waals surface area contributed by atoms with Gasteiger partial charge in [-0.05, 0) is 48.5 Å². The van der Waals surface area contributed by atoms with E-state index < -0.39 is 29.7 Å². The maximum absolute atomic E-state index is 12.7. The van der Waals surface area contributed by atoms with E-state index in [2.05, 4.69) is 15.8 Å². The first kappa shape index (κ1) is 20.0. The molecule has 0 bridgehead atoms. The number of anilines is 1. The molecule has 1 atom stereocenters. The zero-order chi connectivity index (χ0) is 21.0. The molecule has 2 aromatic rings. The Kier molecular flexibility index (Phi) is 5.89. The Hall–Kier alpha value is -3.72. The van der Waals surface area contributed by atoms with Crippen molar-refractivity contribution in [2.24, 2.45) is 11.0 Å². The van der Waals surface area contributed by atoms with Gasteiger partial charge in [-0.1, -0.05) is 11.6 Å². The van der Waals surface area contributed by atoms with Crippen LogP contribution < -0.4 is 20.4 Å². The zero-order valence-corrected chi connectivity index (χ0v) is 15.8. The Balaban J connectivity index is 1.73. The first-order chi connectivity index (χ1) is 13.9. The van der Waals surface area contributed by atoms with Crippen LogP contribution in [0.4, 0.5) is 10.5 Å². The molecule has 0 aliphatic carbocycles. The van der Waals surface area contributed by atoms with Gasteiger partial charge < -0.3 is 4.74 Å². The predicted molar refractivity (Wildman–Crippen MR) is 105 cm³/mol. The Morgan fingerprint density at radius 3 is 2.41 bits per heavy atom. The maximum atomic E-state index is 12.7. The van der Waals surface area contributed by atoms with Crippen LogP contribution in [0.3, 0.4) is 0 Å². The number of amides is 5. The third-order valence-electron chi connectivity index (χ3n) is 4.03. The first-order valence-corrected chi connectivity index (χ1v) is 8.70. The average Bonchev–Trinajstić information content (AvgIpc) is 2.71. The molecule has 9 nitrogen and oxygen atoms in total. The lowest BCUT2D eigenvalue weighted by Gasteiger charge is -2.28. The van der Waals surface area contributed by atoms with E-state index in [9.17, 15) is 19.2 Å². The highest BCUT2D eigenvalue weighted by Gasteiger charge is 2.40. The van der Waals surface area contributed by atoms with Gasteiger partial charge in [-0.25, -0.2) is 15.1 Å². The van der Waals surface area contributed by atoms with Crippen LogP contribution in [-0.4, -0.2) is 37.1 Å². The smallest absolute Gasteiger partial charge is 0.335 e. The van der Waals surface area contributed by atoms with Crippen LogP contribution in [0.25, 0.3) is 0 Å². The molecule has 10 heteroatoms. The van der Waals surface area contributed by atoms with Crippen molar-refractivity contribution in [2.45, 2.75) is 0 Å². The largest absolute Gasteiger partial charge is 0.497 e. The van der Waals surface area contributed by atoms with Gasteiger partial charge in [-0.15, -0.1) is 0 Å². The maximum Gasteiger partial charge on any atom is 0.335 e. The number of hydrogen-bond donors (Lipinski definition) is 2. The molecule has 0 spiro atoms. The molecule has 1 heterocycles. The molecule has 1 aliphatic rings. The summed E-state index contributed by atoms with van der Waals surface area (Å²) in [5.41, 5.74) is 2.77. The number of ether oxygens (including phenoxy) is 1. The Morgan fingerprint density at radius 1 is 1.14 bits per heavy atom. The van der Waals surface area contributed by atoms with E-state index in [0.717, 1.165) is 11.1 Å². The summed E-state index contributed by atoms with van der Waals surface area (Å²) in [6, 6.07) is 11.3. The lowest BCUT2D eigenvalue weighted by Crippen LogP contribution is -2.58. The van der Waals surface area contributed by atoms with Gasteiger partial charge in [0, 0.05) is 16.8 Å². The fourth-order valence-electron chi connectivity index (χ4n) is 2.53. The molecule has 0 unspecified atom stereocenters. The standard InChI is InChI=1S/C19H15ClN4O5/c1-29-14-8-6-13(7-9-14)24-18(27)15(17(26)22-19(24)28)10-21-23-16(25)11-2-4-12(20)5-3-11/h2-10,15H,1H3,(H,23,25)(H,22,26,28)/b21-10-/t15-/m0/s1. The molecule has 1 saturated heterocycles. The van der Waals surface area contributed by atoms with Gasteiger partial charge in [0.05, 0.1) is 12.8 Å². The number of nitrogens with zero attached hydrogens (tertiary/aromatic N) is 2. The summed E-state index contributed by atoms with van der Waals surface area (Å²) >= 11 is 5.76. The van der Waals surface area contributed by atoms with Crippen LogP contribution in [0.2, 0.25) is 5.02 Å². The molecule has 1 aliphatic heterocycles. The second kappa shape index (κ2) is 8.53. The molecule has 0 radical (unpaired) electrons. The monoisotopic (exact) mass is 414 g/mol.